The van der Waals surface area contributed by atoms with Crippen molar-refractivity contribution in [2.45, 2.75) is 0 Å². The number of hydrogen-bond acceptors (Lipinski definition) is 3. The molecule has 0 spiro atoms. The van der Waals surface area contributed by atoms with Crippen LogP contribution in [0.25, 0.3) is 6.08 Å². The zero-order chi connectivity index (χ0) is 12.8. The van der Waals surface area contributed by atoms with Crippen molar-refractivity contribution in [1.29, 1.82) is 0 Å². The minimum Gasteiger partial charge on any atom is -0.497 e. The number of halogens is 2. The molecule has 0 aromatic heterocycles. The molecule has 0 bridgehead atoms. The van der Waals surface area contributed by atoms with E-state index >= 15 is 0 Å². The zero-order valence-corrected chi connectivity index (χ0v) is 13.0. The summed E-state index contributed by atoms with van der Waals surface area (Å²) >= 11 is 0. The lowest BCUT2D eigenvalue weighted by molar-refractivity contribution is -0.126. The number of hydrogen-bond donors (Lipinski definition) is 1. The Balaban J connectivity index is 0.00000180. The van der Waals surface area contributed by atoms with E-state index < -0.39 is 0 Å². The van der Waals surface area contributed by atoms with Gasteiger partial charge in [-0.2, -0.15) is 0 Å². The minimum absolute atomic E-state index is 0. The van der Waals surface area contributed by atoms with Gasteiger partial charge < -0.3 is 15.0 Å². The largest absolute Gasteiger partial charge is 0.497 e. The van der Waals surface area contributed by atoms with Gasteiger partial charge in [0.1, 0.15) is 5.75 Å². The number of nitrogens with one attached hydrogen (secondary N) is 1. The van der Waals surface area contributed by atoms with Gasteiger partial charge in [0.25, 0.3) is 0 Å². The van der Waals surface area contributed by atoms with Crippen molar-refractivity contribution in [1.82, 2.24) is 10.2 Å². The molecular weight excluding hydrogens is 299 g/mol. The van der Waals surface area contributed by atoms with Crippen LogP contribution in [-0.2, 0) is 4.79 Å². The third-order valence-electron chi connectivity index (χ3n) is 2.96. The molecule has 0 radical (unpaired) electrons. The number of rotatable bonds is 3. The molecule has 2 rings (SSSR count). The van der Waals surface area contributed by atoms with E-state index in [1.165, 1.54) is 0 Å². The first kappa shape index (κ1) is 18.8. The number of nitrogens with zero attached hydrogens (tertiary/aromatic N) is 1. The van der Waals surface area contributed by atoms with E-state index in [0.717, 1.165) is 37.5 Å². The molecule has 1 aromatic carbocycles. The third kappa shape index (κ3) is 5.41. The summed E-state index contributed by atoms with van der Waals surface area (Å²) < 4.78 is 5.08. The molecule has 1 aliphatic heterocycles. The van der Waals surface area contributed by atoms with Crippen LogP contribution in [0.2, 0.25) is 0 Å². The maximum absolute atomic E-state index is 11.9. The summed E-state index contributed by atoms with van der Waals surface area (Å²) in [5.74, 6) is 0.896. The van der Waals surface area contributed by atoms with Crippen LogP contribution in [0.15, 0.2) is 30.3 Å². The minimum atomic E-state index is 0. The van der Waals surface area contributed by atoms with Gasteiger partial charge in [-0.15, -0.1) is 24.8 Å². The Hall–Kier alpha value is -1.23. The van der Waals surface area contributed by atoms with Gasteiger partial charge >= 0.3 is 0 Å². The summed E-state index contributed by atoms with van der Waals surface area (Å²) in [5, 5.41) is 3.22. The second-order valence-corrected chi connectivity index (χ2v) is 4.18. The molecule has 1 fully saturated rings. The lowest BCUT2D eigenvalue weighted by Gasteiger charge is -2.26. The second kappa shape index (κ2) is 9.64. The molecule has 1 heterocycles. The fraction of sp³-hybridized carbons (Fsp3) is 0.357. The quantitative estimate of drug-likeness (QED) is 0.866. The maximum Gasteiger partial charge on any atom is 0.246 e. The van der Waals surface area contributed by atoms with E-state index in [1.54, 1.807) is 13.2 Å². The van der Waals surface area contributed by atoms with E-state index in [9.17, 15) is 4.79 Å². The van der Waals surface area contributed by atoms with E-state index in [2.05, 4.69) is 5.32 Å². The molecule has 0 saturated carbocycles. The SMILES string of the molecule is COc1ccc(/C=C/C(=O)N2CCNCC2)cc1.Cl.Cl. The van der Waals surface area contributed by atoms with Crippen LogP contribution < -0.4 is 10.1 Å². The molecule has 112 valence electrons. The van der Waals surface area contributed by atoms with Crippen LogP contribution >= 0.6 is 24.8 Å². The van der Waals surface area contributed by atoms with Gasteiger partial charge in [0, 0.05) is 32.3 Å². The Bertz CT molecular complexity index is 429. The van der Waals surface area contributed by atoms with Crippen LogP contribution in [0.5, 0.6) is 5.75 Å². The van der Waals surface area contributed by atoms with E-state index in [4.69, 9.17) is 4.74 Å². The summed E-state index contributed by atoms with van der Waals surface area (Å²) in [6, 6.07) is 7.63. The highest BCUT2D eigenvalue weighted by atomic mass is 35.5. The molecule has 6 heteroatoms. The van der Waals surface area contributed by atoms with Crippen molar-refractivity contribution in [3.8, 4) is 5.75 Å². The highest BCUT2D eigenvalue weighted by Crippen LogP contribution is 2.12. The van der Waals surface area contributed by atoms with E-state index in [0.29, 0.717) is 0 Å². The van der Waals surface area contributed by atoms with Crippen LogP contribution in [0.1, 0.15) is 5.56 Å². The molecule has 0 atom stereocenters. The van der Waals surface area contributed by atoms with Crippen LogP contribution in [-0.4, -0.2) is 44.1 Å². The lowest BCUT2D eigenvalue weighted by atomic mass is 10.2. The second-order valence-electron chi connectivity index (χ2n) is 4.18. The van der Waals surface area contributed by atoms with Gasteiger partial charge in [0.2, 0.25) is 5.91 Å². The van der Waals surface area contributed by atoms with Crippen molar-refractivity contribution >= 4 is 36.8 Å². The molecule has 0 unspecified atom stereocenters. The molecule has 20 heavy (non-hydrogen) atoms. The van der Waals surface area contributed by atoms with Crippen molar-refractivity contribution < 1.29 is 9.53 Å². The Morgan fingerprint density at radius 3 is 2.35 bits per heavy atom. The summed E-state index contributed by atoms with van der Waals surface area (Å²) in [4.78, 5) is 13.7. The Kier molecular flexibility index (Phi) is 9.05. The summed E-state index contributed by atoms with van der Waals surface area (Å²) in [6.07, 6.45) is 3.47. The van der Waals surface area contributed by atoms with Gasteiger partial charge in [0.05, 0.1) is 7.11 Å². The Morgan fingerprint density at radius 1 is 1.20 bits per heavy atom. The molecule has 1 aliphatic rings. The first-order chi connectivity index (χ1) is 8.79. The predicted molar refractivity (Wildman–Crippen MR) is 86.0 cm³/mol. The third-order valence-corrected chi connectivity index (χ3v) is 2.96. The van der Waals surface area contributed by atoms with Crippen molar-refractivity contribution in [2.24, 2.45) is 0 Å². The number of carbonyl (C=O) groups excluding carboxylic acids is 1. The van der Waals surface area contributed by atoms with E-state index in [-0.39, 0.29) is 30.7 Å². The number of piperazine rings is 1. The van der Waals surface area contributed by atoms with Gasteiger partial charge in [-0.25, -0.2) is 0 Å². The first-order valence-electron chi connectivity index (χ1n) is 6.11. The Labute approximate surface area is 132 Å². The van der Waals surface area contributed by atoms with Gasteiger partial charge in [-0.1, -0.05) is 12.1 Å². The monoisotopic (exact) mass is 318 g/mol. The predicted octanol–water partition coefficient (Wildman–Crippen LogP) is 1.98. The van der Waals surface area contributed by atoms with Gasteiger partial charge in [-0.05, 0) is 23.8 Å². The zero-order valence-electron chi connectivity index (χ0n) is 11.4. The standard InChI is InChI=1S/C14H18N2O2.2ClH/c1-18-13-5-2-12(3-6-13)4-7-14(17)16-10-8-15-9-11-16;;/h2-7,15H,8-11H2,1H3;2*1H/b7-4+;;. The molecular formula is C14H20Cl2N2O2. The normalized spacial score (nSPS) is 14.3. The highest BCUT2D eigenvalue weighted by Gasteiger charge is 2.12. The van der Waals surface area contributed by atoms with Crippen molar-refractivity contribution in [3.63, 3.8) is 0 Å². The average Bonchev–Trinajstić information content (AvgIpc) is 2.46. The molecule has 1 saturated heterocycles. The topological polar surface area (TPSA) is 41.6 Å². The Morgan fingerprint density at radius 2 is 1.80 bits per heavy atom. The maximum atomic E-state index is 11.9. The fourth-order valence-corrected chi connectivity index (χ4v) is 1.87. The van der Waals surface area contributed by atoms with Crippen LogP contribution in [0.3, 0.4) is 0 Å². The summed E-state index contributed by atoms with van der Waals surface area (Å²) in [7, 11) is 1.64. The van der Waals surface area contributed by atoms with Gasteiger partial charge in [0.15, 0.2) is 0 Å². The fourth-order valence-electron chi connectivity index (χ4n) is 1.87. The smallest absolute Gasteiger partial charge is 0.246 e. The van der Waals surface area contributed by atoms with Crippen molar-refractivity contribution in [2.75, 3.05) is 33.3 Å². The number of ether oxygens (including phenoxy) is 1. The lowest BCUT2D eigenvalue weighted by Crippen LogP contribution is -2.45. The molecule has 0 aliphatic carbocycles. The summed E-state index contributed by atoms with van der Waals surface area (Å²) in [5.41, 5.74) is 0.999. The van der Waals surface area contributed by atoms with E-state index in [1.807, 2.05) is 35.2 Å². The molecule has 4 nitrogen and oxygen atoms in total. The summed E-state index contributed by atoms with van der Waals surface area (Å²) in [6.45, 7) is 3.32. The molecule has 1 N–H and O–H groups in total. The number of carbonyl (C=O) groups is 1. The molecule has 1 aromatic rings. The molecule has 1 amide bonds. The van der Waals surface area contributed by atoms with Crippen LogP contribution in [0.4, 0.5) is 0 Å². The number of benzene rings is 1. The first-order valence-corrected chi connectivity index (χ1v) is 6.11. The average molecular weight is 319 g/mol. The number of methoxy groups -OCH3 is 1. The van der Waals surface area contributed by atoms with Crippen molar-refractivity contribution in [3.05, 3.63) is 35.9 Å². The highest BCUT2D eigenvalue weighted by molar-refractivity contribution is 5.91. The van der Waals surface area contributed by atoms with Gasteiger partial charge in [-0.3, -0.25) is 4.79 Å². The number of amides is 1. The van der Waals surface area contributed by atoms with Crippen LogP contribution in [0, 0.1) is 0 Å².